The molecular formula is C15H15NO3. The van der Waals surface area contributed by atoms with Gasteiger partial charge in [-0.15, -0.1) is 12.3 Å². The summed E-state index contributed by atoms with van der Waals surface area (Å²) < 4.78 is 5.43. The second kappa shape index (κ2) is 5.15. The number of ether oxygens (including phenoxy) is 1. The van der Waals surface area contributed by atoms with Crippen molar-refractivity contribution in [2.24, 2.45) is 5.92 Å². The molecule has 2 unspecified atom stereocenters. The predicted molar refractivity (Wildman–Crippen MR) is 72.1 cm³/mol. The van der Waals surface area contributed by atoms with Crippen molar-refractivity contribution in [2.75, 3.05) is 5.32 Å². The van der Waals surface area contributed by atoms with E-state index in [-0.39, 0.29) is 17.6 Å². The molecule has 4 heteroatoms. The van der Waals surface area contributed by atoms with Gasteiger partial charge in [0, 0.05) is 17.9 Å². The van der Waals surface area contributed by atoms with E-state index in [4.69, 9.17) is 11.2 Å². The molecule has 0 radical (unpaired) electrons. The highest BCUT2D eigenvalue weighted by atomic mass is 16.5. The van der Waals surface area contributed by atoms with E-state index < -0.39 is 6.10 Å². The number of fused-ring (bicyclic) bond motifs is 1. The summed E-state index contributed by atoms with van der Waals surface area (Å²) in [6.45, 7) is 3.46. The highest BCUT2D eigenvalue weighted by Gasteiger charge is 2.25. The van der Waals surface area contributed by atoms with Crippen LogP contribution in [0.25, 0.3) is 0 Å². The first-order valence-corrected chi connectivity index (χ1v) is 6.12. The second-order valence-electron chi connectivity index (χ2n) is 4.63. The minimum Gasteiger partial charge on any atom is -0.479 e. The molecule has 19 heavy (non-hydrogen) atoms. The van der Waals surface area contributed by atoms with Crippen LogP contribution in [0.15, 0.2) is 18.2 Å². The minimum atomic E-state index is -0.519. The van der Waals surface area contributed by atoms with Crippen molar-refractivity contribution >= 4 is 17.4 Å². The van der Waals surface area contributed by atoms with Crippen molar-refractivity contribution in [3.63, 3.8) is 0 Å². The largest absolute Gasteiger partial charge is 0.479 e. The van der Waals surface area contributed by atoms with Gasteiger partial charge in [-0.05, 0) is 25.1 Å². The lowest BCUT2D eigenvalue weighted by atomic mass is 9.96. The van der Waals surface area contributed by atoms with Gasteiger partial charge in [0.15, 0.2) is 11.9 Å². The molecule has 1 heterocycles. The van der Waals surface area contributed by atoms with E-state index in [2.05, 4.69) is 11.2 Å². The SMILES string of the molecule is C#CCC(C)C(=O)c1ccc2c(c1)NC(=O)C(C)O2. The average Bonchev–Trinajstić information content (AvgIpc) is 2.39. The zero-order valence-electron chi connectivity index (χ0n) is 10.9. The van der Waals surface area contributed by atoms with E-state index in [1.165, 1.54) is 0 Å². The number of hydrogen-bond acceptors (Lipinski definition) is 3. The fraction of sp³-hybridized carbons (Fsp3) is 0.333. The summed E-state index contributed by atoms with van der Waals surface area (Å²) in [5, 5.41) is 2.72. The predicted octanol–water partition coefficient (Wildman–Crippen LogP) is 2.25. The maximum atomic E-state index is 12.1. The van der Waals surface area contributed by atoms with Crippen molar-refractivity contribution in [2.45, 2.75) is 26.4 Å². The molecular weight excluding hydrogens is 242 g/mol. The first-order chi connectivity index (χ1) is 9.02. The Balaban J connectivity index is 2.27. The topological polar surface area (TPSA) is 55.4 Å². The highest BCUT2D eigenvalue weighted by molar-refractivity contribution is 6.02. The van der Waals surface area contributed by atoms with Gasteiger partial charge in [0.1, 0.15) is 5.75 Å². The Kier molecular flexibility index (Phi) is 3.57. The molecule has 1 aromatic rings. The fourth-order valence-electron chi connectivity index (χ4n) is 1.92. The number of hydrogen-bond donors (Lipinski definition) is 1. The van der Waals surface area contributed by atoms with Crippen molar-refractivity contribution in [3.8, 4) is 18.1 Å². The standard InChI is InChI=1S/C15H15NO3/c1-4-5-9(2)14(17)11-6-7-13-12(8-11)16-15(18)10(3)19-13/h1,6-10H,5H2,2-3H3,(H,16,18). The Labute approximate surface area is 112 Å². The zero-order chi connectivity index (χ0) is 14.0. The number of Topliss-reactive ketones (excluding diaryl/α,β-unsaturated/α-hetero) is 1. The van der Waals surface area contributed by atoms with Crippen molar-refractivity contribution in [1.29, 1.82) is 0 Å². The molecule has 98 valence electrons. The summed E-state index contributed by atoms with van der Waals surface area (Å²) in [5.74, 6) is 2.57. The number of amides is 1. The van der Waals surface area contributed by atoms with Gasteiger partial charge in [-0.3, -0.25) is 9.59 Å². The molecule has 1 aliphatic rings. The second-order valence-corrected chi connectivity index (χ2v) is 4.63. The third kappa shape index (κ3) is 2.60. The smallest absolute Gasteiger partial charge is 0.265 e. The van der Waals surface area contributed by atoms with Crippen molar-refractivity contribution < 1.29 is 14.3 Å². The summed E-state index contributed by atoms with van der Waals surface area (Å²) in [5.41, 5.74) is 1.06. The Bertz CT molecular complexity index is 571. The monoisotopic (exact) mass is 257 g/mol. The normalized spacial score (nSPS) is 18.6. The van der Waals surface area contributed by atoms with Crippen LogP contribution in [0.4, 0.5) is 5.69 Å². The number of carbonyl (C=O) groups excluding carboxylic acids is 2. The Morgan fingerprint density at radius 1 is 1.58 bits per heavy atom. The summed E-state index contributed by atoms with van der Waals surface area (Å²) in [6.07, 6.45) is 5.09. The lowest BCUT2D eigenvalue weighted by Crippen LogP contribution is -2.34. The maximum Gasteiger partial charge on any atom is 0.265 e. The lowest BCUT2D eigenvalue weighted by molar-refractivity contribution is -0.122. The van der Waals surface area contributed by atoms with Gasteiger partial charge < -0.3 is 10.1 Å². The van der Waals surface area contributed by atoms with Crippen LogP contribution in [0.5, 0.6) is 5.75 Å². The fourth-order valence-corrected chi connectivity index (χ4v) is 1.92. The van der Waals surface area contributed by atoms with Gasteiger partial charge in [-0.25, -0.2) is 0 Å². The van der Waals surface area contributed by atoms with Gasteiger partial charge in [0.25, 0.3) is 5.91 Å². The van der Waals surface area contributed by atoms with Gasteiger partial charge in [-0.2, -0.15) is 0 Å². The Morgan fingerprint density at radius 2 is 2.32 bits per heavy atom. The third-order valence-electron chi connectivity index (χ3n) is 3.07. The zero-order valence-corrected chi connectivity index (χ0v) is 10.9. The molecule has 2 rings (SSSR count). The Hall–Kier alpha value is -2.28. The van der Waals surface area contributed by atoms with Crippen LogP contribution in [-0.2, 0) is 4.79 Å². The molecule has 0 saturated heterocycles. The Morgan fingerprint density at radius 3 is 3.00 bits per heavy atom. The van der Waals surface area contributed by atoms with Crippen LogP contribution in [-0.4, -0.2) is 17.8 Å². The van der Waals surface area contributed by atoms with Gasteiger partial charge in [0.2, 0.25) is 0 Å². The van der Waals surface area contributed by atoms with Crippen LogP contribution in [0.1, 0.15) is 30.6 Å². The van der Waals surface area contributed by atoms with Gasteiger partial charge in [-0.1, -0.05) is 6.92 Å². The summed E-state index contributed by atoms with van der Waals surface area (Å²) in [6, 6.07) is 5.02. The van der Waals surface area contributed by atoms with Crippen LogP contribution < -0.4 is 10.1 Å². The molecule has 4 nitrogen and oxygen atoms in total. The molecule has 2 atom stereocenters. The molecule has 1 N–H and O–H groups in total. The van der Waals surface area contributed by atoms with Gasteiger partial charge in [0.05, 0.1) is 5.69 Å². The van der Waals surface area contributed by atoms with Crippen molar-refractivity contribution in [1.82, 2.24) is 0 Å². The van der Waals surface area contributed by atoms with E-state index >= 15 is 0 Å². The number of rotatable bonds is 3. The molecule has 0 spiro atoms. The quantitative estimate of drug-likeness (QED) is 0.667. The van der Waals surface area contributed by atoms with E-state index in [9.17, 15) is 9.59 Å². The summed E-state index contributed by atoms with van der Waals surface area (Å²) in [4.78, 5) is 23.6. The number of benzene rings is 1. The lowest BCUT2D eigenvalue weighted by Gasteiger charge is -2.23. The first-order valence-electron chi connectivity index (χ1n) is 6.12. The molecule has 0 bridgehead atoms. The highest BCUT2D eigenvalue weighted by Crippen LogP contribution is 2.31. The molecule has 1 aromatic carbocycles. The number of nitrogens with one attached hydrogen (secondary N) is 1. The third-order valence-corrected chi connectivity index (χ3v) is 3.07. The molecule has 1 aliphatic heterocycles. The summed E-state index contributed by atoms with van der Waals surface area (Å²) in [7, 11) is 0. The van der Waals surface area contributed by atoms with E-state index in [1.54, 1.807) is 32.0 Å². The molecule has 0 aromatic heterocycles. The van der Waals surface area contributed by atoms with E-state index in [0.29, 0.717) is 23.4 Å². The maximum absolute atomic E-state index is 12.1. The van der Waals surface area contributed by atoms with E-state index in [1.807, 2.05) is 0 Å². The van der Waals surface area contributed by atoms with Crippen LogP contribution in [0, 0.1) is 18.3 Å². The summed E-state index contributed by atoms with van der Waals surface area (Å²) >= 11 is 0. The molecule has 0 fully saturated rings. The van der Waals surface area contributed by atoms with E-state index in [0.717, 1.165) is 0 Å². The number of anilines is 1. The number of ketones is 1. The minimum absolute atomic E-state index is 0.0337. The molecule has 0 aliphatic carbocycles. The first kappa shape index (κ1) is 13.2. The number of carbonyl (C=O) groups is 2. The van der Waals surface area contributed by atoms with Crippen LogP contribution in [0.2, 0.25) is 0 Å². The van der Waals surface area contributed by atoms with Crippen molar-refractivity contribution in [3.05, 3.63) is 23.8 Å². The average molecular weight is 257 g/mol. The molecule has 1 amide bonds. The van der Waals surface area contributed by atoms with Gasteiger partial charge >= 0.3 is 0 Å². The van der Waals surface area contributed by atoms with Crippen LogP contribution >= 0.6 is 0 Å². The van der Waals surface area contributed by atoms with Crippen LogP contribution in [0.3, 0.4) is 0 Å². The molecule has 0 saturated carbocycles. The number of terminal acetylenes is 1.